The maximum Gasteiger partial charge on any atom is 0.144 e. The van der Waals surface area contributed by atoms with Crippen molar-refractivity contribution in [2.45, 2.75) is 78.8 Å². The van der Waals surface area contributed by atoms with Gasteiger partial charge in [-0.25, -0.2) is 0 Å². The molecule has 27 heavy (non-hydrogen) atoms. The lowest BCUT2D eigenvalue weighted by atomic mass is 9.92. The predicted octanol–water partition coefficient (Wildman–Crippen LogP) is 6.94. The Morgan fingerprint density at radius 3 is 1.52 bits per heavy atom. The Bertz CT molecular complexity index is 531. The molecular weight excluding hydrogens is 351 g/mol. The van der Waals surface area contributed by atoms with Crippen molar-refractivity contribution in [2.24, 2.45) is 5.92 Å². The number of carbonyl (C=O) groups excluding carboxylic acids is 2. The van der Waals surface area contributed by atoms with Crippen LogP contribution in [0, 0.1) is 5.92 Å². The summed E-state index contributed by atoms with van der Waals surface area (Å²) in [6.45, 7) is 9.99. The van der Waals surface area contributed by atoms with Gasteiger partial charge in [0, 0.05) is 7.26 Å². The molecule has 1 rings (SSSR count). The average molecular weight is 392 g/mol. The van der Waals surface area contributed by atoms with Crippen LogP contribution >= 0.6 is 7.26 Å². The van der Waals surface area contributed by atoms with Crippen LogP contribution in [0.25, 0.3) is 0 Å². The normalized spacial score (nSPS) is 13.0. The molecule has 1 unspecified atom stereocenters. The highest BCUT2D eigenvalue weighted by molar-refractivity contribution is 7.76. The highest BCUT2D eigenvalue weighted by atomic mass is 31.2. The predicted molar refractivity (Wildman–Crippen MR) is 120 cm³/mol. The second-order valence-electron chi connectivity index (χ2n) is 8.00. The topological polar surface area (TPSA) is 34.1 Å². The third-order valence-corrected chi connectivity index (χ3v) is 11.2. The highest BCUT2D eigenvalue weighted by Crippen LogP contribution is 2.73. The van der Waals surface area contributed by atoms with Crippen molar-refractivity contribution in [3.8, 4) is 0 Å². The Morgan fingerprint density at radius 1 is 0.778 bits per heavy atom. The summed E-state index contributed by atoms with van der Waals surface area (Å²) in [4.78, 5) is 25.3. The van der Waals surface area contributed by atoms with Gasteiger partial charge < -0.3 is 0 Å². The fourth-order valence-electron chi connectivity index (χ4n) is 4.38. The SMILES string of the molecule is CCCC[P+](CCCC)(CCCC)C(c1ccccc1)C(C(C)=O)C(C)=O. The van der Waals surface area contributed by atoms with Crippen molar-refractivity contribution < 1.29 is 9.59 Å². The van der Waals surface area contributed by atoms with E-state index in [9.17, 15) is 9.59 Å². The molecule has 0 heterocycles. The zero-order valence-electron chi connectivity index (χ0n) is 18.2. The maximum atomic E-state index is 12.7. The summed E-state index contributed by atoms with van der Waals surface area (Å²) in [5.41, 5.74) is 1.31. The van der Waals surface area contributed by atoms with Crippen molar-refractivity contribution in [1.29, 1.82) is 0 Å². The molecule has 0 radical (unpaired) electrons. The average Bonchev–Trinajstić information content (AvgIpc) is 2.66. The number of benzene rings is 1. The van der Waals surface area contributed by atoms with Crippen LogP contribution < -0.4 is 0 Å². The number of hydrogen-bond donors (Lipinski definition) is 0. The lowest BCUT2D eigenvalue weighted by Crippen LogP contribution is -2.32. The summed E-state index contributed by atoms with van der Waals surface area (Å²) in [5.74, 6) is -0.387. The number of hydrogen-bond acceptors (Lipinski definition) is 2. The van der Waals surface area contributed by atoms with E-state index in [2.05, 4.69) is 45.0 Å². The van der Waals surface area contributed by atoms with Gasteiger partial charge in [-0.1, -0.05) is 70.4 Å². The molecule has 0 spiro atoms. The zero-order chi connectivity index (χ0) is 20.3. The molecular formula is C24H40O2P+. The zero-order valence-corrected chi connectivity index (χ0v) is 19.1. The number of carbonyl (C=O) groups is 2. The standard InChI is InChI=1S/C24H40O2P/c1-6-9-17-27(18-10-7-2,19-11-8-3)24(22-15-13-12-14-16-22)23(20(4)25)21(5)26/h12-16,23-24H,6-11,17-19H2,1-5H3/q+1. The van der Waals surface area contributed by atoms with E-state index < -0.39 is 13.2 Å². The van der Waals surface area contributed by atoms with Gasteiger partial charge in [0.1, 0.15) is 23.1 Å². The van der Waals surface area contributed by atoms with Crippen LogP contribution in [0.15, 0.2) is 30.3 Å². The molecule has 0 aliphatic rings. The van der Waals surface area contributed by atoms with Gasteiger partial charge >= 0.3 is 0 Å². The number of ketones is 2. The Balaban J connectivity index is 3.57. The van der Waals surface area contributed by atoms with Crippen molar-refractivity contribution >= 4 is 18.8 Å². The molecule has 0 aliphatic heterocycles. The van der Waals surface area contributed by atoms with Gasteiger partial charge in [0.25, 0.3) is 0 Å². The van der Waals surface area contributed by atoms with Gasteiger partial charge in [-0.15, -0.1) is 0 Å². The first kappa shape index (κ1) is 24.0. The first-order valence-corrected chi connectivity index (χ1v) is 13.3. The third kappa shape index (κ3) is 6.83. The smallest absolute Gasteiger partial charge is 0.144 e. The van der Waals surface area contributed by atoms with Gasteiger partial charge in [0.2, 0.25) is 0 Å². The Kier molecular flexibility index (Phi) is 11.1. The molecule has 0 N–H and O–H groups in total. The van der Waals surface area contributed by atoms with E-state index in [1.54, 1.807) is 13.8 Å². The molecule has 1 atom stereocenters. The molecule has 3 heteroatoms. The molecule has 0 saturated carbocycles. The molecule has 2 nitrogen and oxygen atoms in total. The molecule has 152 valence electrons. The molecule has 1 aromatic carbocycles. The van der Waals surface area contributed by atoms with E-state index >= 15 is 0 Å². The van der Waals surface area contributed by atoms with Crippen LogP contribution in [-0.2, 0) is 9.59 Å². The van der Waals surface area contributed by atoms with Crippen LogP contribution in [0.3, 0.4) is 0 Å². The van der Waals surface area contributed by atoms with Crippen LogP contribution in [-0.4, -0.2) is 30.1 Å². The molecule has 0 fully saturated rings. The summed E-state index contributed by atoms with van der Waals surface area (Å²) in [6, 6.07) is 10.5. The van der Waals surface area contributed by atoms with Gasteiger partial charge in [-0.2, -0.15) is 0 Å². The van der Waals surface area contributed by atoms with Gasteiger partial charge in [0.05, 0.1) is 18.5 Å². The fourth-order valence-corrected chi connectivity index (χ4v) is 10.6. The third-order valence-electron chi connectivity index (χ3n) is 5.79. The van der Waals surface area contributed by atoms with Crippen LogP contribution in [0.4, 0.5) is 0 Å². The van der Waals surface area contributed by atoms with Crippen molar-refractivity contribution in [2.75, 3.05) is 18.5 Å². The Morgan fingerprint density at radius 2 is 1.19 bits per heavy atom. The van der Waals surface area contributed by atoms with Crippen molar-refractivity contribution in [3.63, 3.8) is 0 Å². The summed E-state index contributed by atoms with van der Waals surface area (Å²) < 4.78 is 0. The molecule has 0 aliphatic carbocycles. The highest BCUT2D eigenvalue weighted by Gasteiger charge is 2.51. The fraction of sp³-hybridized carbons (Fsp3) is 0.667. The molecule has 1 aromatic rings. The number of Topliss-reactive ketones (excluding diaryl/α,β-unsaturated/α-hetero) is 2. The van der Waals surface area contributed by atoms with E-state index in [1.165, 1.54) is 62.6 Å². The van der Waals surface area contributed by atoms with Gasteiger partial charge in [-0.3, -0.25) is 9.59 Å². The van der Waals surface area contributed by atoms with Crippen LogP contribution in [0.2, 0.25) is 0 Å². The summed E-state index contributed by atoms with van der Waals surface area (Å²) in [7, 11) is -1.48. The van der Waals surface area contributed by atoms with Crippen molar-refractivity contribution in [3.05, 3.63) is 35.9 Å². The first-order valence-electron chi connectivity index (χ1n) is 10.8. The van der Waals surface area contributed by atoms with Crippen LogP contribution in [0.5, 0.6) is 0 Å². The summed E-state index contributed by atoms with van der Waals surface area (Å²) in [5, 5.41) is 0. The second kappa shape index (κ2) is 12.4. The molecule has 0 bridgehead atoms. The lowest BCUT2D eigenvalue weighted by molar-refractivity contribution is -0.130. The minimum absolute atomic E-state index is 0.0465. The van der Waals surface area contributed by atoms with Crippen molar-refractivity contribution in [1.82, 2.24) is 0 Å². The Labute approximate surface area is 167 Å². The molecule has 0 amide bonds. The first-order chi connectivity index (χ1) is 12.9. The summed E-state index contributed by atoms with van der Waals surface area (Å²) >= 11 is 0. The second-order valence-corrected chi connectivity index (χ2v) is 12.3. The minimum atomic E-state index is -1.48. The van der Waals surface area contributed by atoms with E-state index in [1.807, 2.05) is 6.07 Å². The number of unbranched alkanes of at least 4 members (excludes halogenated alkanes) is 3. The largest absolute Gasteiger partial charge is 0.299 e. The summed E-state index contributed by atoms with van der Waals surface area (Å²) in [6.07, 6.45) is 10.7. The quantitative estimate of drug-likeness (QED) is 0.254. The van der Waals surface area contributed by atoms with E-state index in [4.69, 9.17) is 0 Å². The maximum absolute atomic E-state index is 12.7. The monoisotopic (exact) mass is 391 g/mol. The van der Waals surface area contributed by atoms with E-state index in [0.717, 1.165) is 0 Å². The van der Waals surface area contributed by atoms with Gasteiger partial charge in [-0.05, 0) is 38.7 Å². The van der Waals surface area contributed by atoms with Gasteiger partial charge in [0.15, 0.2) is 0 Å². The molecule has 0 aromatic heterocycles. The lowest BCUT2D eigenvalue weighted by Gasteiger charge is -2.38. The molecule has 0 saturated heterocycles. The van der Waals surface area contributed by atoms with Crippen LogP contribution in [0.1, 0.15) is 84.4 Å². The Hall–Kier alpha value is -1.01. The van der Waals surface area contributed by atoms with E-state index in [0.29, 0.717) is 0 Å². The minimum Gasteiger partial charge on any atom is -0.299 e. The van der Waals surface area contributed by atoms with E-state index in [-0.39, 0.29) is 17.2 Å². The number of rotatable bonds is 14.